The van der Waals surface area contributed by atoms with Crippen LogP contribution in [0, 0.1) is 17.7 Å². The summed E-state index contributed by atoms with van der Waals surface area (Å²) in [5.41, 5.74) is 8.00. The first-order chi connectivity index (χ1) is 19.6. The molecule has 194 valence electrons. The number of hydrogen-bond donors (Lipinski definition) is 2. The number of nitrogens with zero attached hydrogens (tertiary/aromatic N) is 3. The molecule has 4 aromatic carbocycles. The van der Waals surface area contributed by atoms with Gasteiger partial charge in [-0.05, 0) is 58.7 Å². The predicted octanol–water partition coefficient (Wildman–Crippen LogP) is 5.35. The predicted molar refractivity (Wildman–Crippen MR) is 150 cm³/mol. The van der Waals surface area contributed by atoms with Gasteiger partial charge in [0.2, 0.25) is 17.8 Å². The standard InChI is InChI=1S/C32H22FN5O2/c33-18-13-15-19(16-14-18)38-29(39)27-26-20-7-1-3-9-22(20)32(28(27)30(38)40,23-10-4-2-8-21(23)26)17-34-37-31-35-24-11-5-6-12-25(24)36-31/h1-17,26-28H,(H2,35,36,37)/b34-17-/t26?,27-,28-,32?/m1/s1. The zero-order valence-electron chi connectivity index (χ0n) is 21.1. The lowest BCUT2D eigenvalue weighted by molar-refractivity contribution is -0.122. The van der Waals surface area contributed by atoms with E-state index in [1.54, 1.807) is 6.21 Å². The maximum absolute atomic E-state index is 14.3. The number of anilines is 2. The number of hydrazone groups is 1. The first kappa shape index (κ1) is 22.8. The monoisotopic (exact) mass is 527 g/mol. The molecular weight excluding hydrogens is 505 g/mol. The molecule has 2 bridgehead atoms. The number of halogens is 1. The highest BCUT2D eigenvalue weighted by Crippen LogP contribution is 2.63. The quantitative estimate of drug-likeness (QED) is 0.187. The number of hydrogen-bond acceptors (Lipinski definition) is 5. The van der Waals surface area contributed by atoms with Crippen molar-refractivity contribution in [3.05, 3.63) is 125 Å². The average molecular weight is 528 g/mol. The number of H-pyrrole nitrogens is 1. The molecule has 0 saturated carbocycles. The van der Waals surface area contributed by atoms with Crippen LogP contribution in [0.5, 0.6) is 0 Å². The lowest BCUT2D eigenvalue weighted by atomic mass is 9.47. The van der Waals surface area contributed by atoms with Gasteiger partial charge in [-0.1, -0.05) is 60.7 Å². The fourth-order valence-electron chi connectivity index (χ4n) is 7.10. The summed E-state index contributed by atoms with van der Waals surface area (Å²) in [4.78, 5) is 37.4. The van der Waals surface area contributed by atoms with Crippen molar-refractivity contribution in [3.63, 3.8) is 0 Å². The first-order valence-electron chi connectivity index (χ1n) is 13.1. The van der Waals surface area contributed by atoms with E-state index >= 15 is 0 Å². The van der Waals surface area contributed by atoms with Crippen molar-refractivity contribution in [2.24, 2.45) is 16.9 Å². The minimum atomic E-state index is -1.01. The molecule has 9 rings (SSSR count). The average Bonchev–Trinajstić information content (AvgIpc) is 3.52. The number of amides is 2. The molecular formula is C32H22FN5O2. The smallest absolute Gasteiger partial charge is 0.239 e. The van der Waals surface area contributed by atoms with Gasteiger partial charge in [-0.25, -0.2) is 19.7 Å². The van der Waals surface area contributed by atoms with Crippen LogP contribution < -0.4 is 10.3 Å². The van der Waals surface area contributed by atoms with Crippen LogP contribution in [0.3, 0.4) is 0 Å². The van der Waals surface area contributed by atoms with Gasteiger partial charge in [-0.2, -0.15) is 5.10 Å². The minimum absolute atomic E-state index is 0.279. The molecule has 1 fully saturated rings. The Kier molecular flexibility index (Phi) is 4.68. The molecule has 2 atom stereocenters. The molecule has 7 nitrogen and oxygen atoms in total. The highest BCUT2D eigenvalue weighted by Gasteiger charge is 2.68. The largest absolute Gasteiger partial charge is 0.323 e. The number of rotatable bonds is 4. The Bertz CT molecular complexity index is 1800. The summed E-state index contributed by atoms with van der Waals surface area (Å²) in [6.07, 6.45) is 1.77. The summed E-state index contributed by atoms with van der Waals surface area (Å²) < 4.78 is 13.7. The number of imide groups is 1. The molecule has 5 aromatic rings. The zero-order chi connectivity index (χ0) is 27.0. The van der Waals surface area contributed by atoms with E-state index in [0.717, 1.165) is 33.3 Å². The second-order valence-electron chi connectivity index (χ2n) is 10.5. The van der Waals surface area contributed by atoms with Crippen LogP contribution in [0.2, 0.25) is 0 Å². The molecule has 2 heterocycles. The Balaban J connectivity index is 1.32. The number of imidazole rings is 1. The summed E-state index contributed by atoms with van der Waals surface area (Å²) in [7, 11) is 0. The van der Waals surface area contributed by atoms with Crippen LogP contribution in [0.4, 0.5) is 16.0 Å². The second-order valence-corrected chi connectivity index (χ2v) is 10.5. The van der Waals surface area contributed by atoms with Crippen LogP contribution in [0.1, 0.15) is 28.2 Å². The van der Waals surface area contributed by atoms with E-state index in [9.17, 15) is 14.0 Å². The van der Waals surface area contributed by atoms with Crippen molar-refractivity contribution in [2.45, 2.75) is 11.3 Å². The van der Waals surface area contributed by atoms with Gasteiger partial charge in [0.05, 0.1) is 34.0 Å². The molecule has 2 amide bonds. The Labute approximate surface area is 228 Å². The van der Waals surface area contributed by atoms with Crippen LogP contribution >= 0.6 is 0 Å². The van der Waals surface area contributed by atoms with Gasteiger partial charge in [0, 0.05) is 12.1 Å². The zero-order valence-corrected chi connectivity index (χ0v) is 21.1. The van der Waals surface area contributed by atoms with E-state index in [4.69, 9.17) is 0 Å². The van der Waals surface area contributed by atoms with Gasteiger partial charge in [0.15, 0.2) is 0 Å². The van der Waals surface area contributed by atoms with Crippen molar-refractivity contribution in [2.75, 3.05) is 10.3 Å². The third-order valence-electron chi connectivity index (χ3n) is 8.60. The summed E-state index contributed by atoms with van der Waals surface area (Å²) in [6.45, 7) is 0. The summed E-state index contributed by atoms with van der Waals surface area (Å²) in [5.74, 6) is -2.18. The normalized spacial score (nSPS) is 24.4. The van der Waals surface area contributed by atoms with Crippen LogP contribution in [-0.2, 0) is 15.0 Å². The Hall–Kier alpha value is -5.11. The molecule has 1 aromatic heterocycles. The number of benzene rings is 4. The highest BCUT2D eigenvalue weighted by molar-refractivity contribution is 6.25. The van der Waals surface area contributed by atoms with Crippen molar-refractivity contribution < 1.29 is 14.0 Å². The fraction of sp³-hybridized carbons (Fsp3) is 0.125. The van der Waals surface area contributed by atoms with Crippen molar-refractivity contribution in [3.8, 4) is 0 Å². The second kappa shape index (κ2) is 8.19. The van der Waals surface area contributed by atoms with E-state index in [2.05, 4.69) is 20.5 Å². The maximum Gasteiger partial charge on any atom is 0.239 e. The molecule has 2 N–H and O–H groups in total. The number of carbonyl (C=O) groups excluding carboxylic acids is 2. The van der Waals surface area contributed by atoms with Gasteiger partial charge in [0.1, 0.15) is 5.82 Å². The number of carbonyl (C=O) groups is 2. The van der Waals surface area contributed by atoms with Crippen molar-refractivity contribution in [1.82, 2.24) is 9.97 Å². The summed E-state index contributed by atoms with van der Waals surface area (Å²) in [5, 5.41) is 4.65. The Morgan fingerprint density at radius 3 is 2.20 bits per heavy atom. The van der Waals surface area contributed by atoms with Crippen LogP contribution in [-0.4, -0.2) is 28.0 Å². The number of fused-ring (bicyclic) bond motifs is 1. The molecule has 1 aliphatic heterocycles. The SMILES string of the molecule is O=C1[C@@H]2C3c4ccccc4C(/C=N\Nc4nc5ccccc5[nH]4)(c4ccccc43)[C@H]2C(=O)N1c1ccc(F)cc1. The van der Waals surface area contributed by atoms with E-state index in [0.29, 0.717) is 11.6 Å². The van der Waals surface area contributed by atoms with Crippen molar-refractivity contribution >= 4 is 40.7 Å². The van der Waals surface area contributed by atoms with Gasteiger partial charge in [-0.3, -0.25) is 9.59 Å². The number of aromatic amines is 1. The molecule has 8 heteroatoms. The molecule has 1 saturated heterocycles. The Morgan fingerprint density at radius 1 is 0.850 bits per heavy atom. The third kappa shape index (κ3) is 2.93. The van der Waals surface area contributed by atoms with E-state index in [1.165, 1.54) is 29.2 Å². The van der Waals surface area contributed by atoms with Crippen LogP contribution in [0.25, 0.3) is 11.0 Å². The van der Waals surface area contributed by atoms with E-state index in [1.807, 2.05) is 72.8 Å². The van der Waals surface area contributed by atoms with Gasteiger partial charge >= 0.3 is 0 Å². The van der Waals surface area contributed by atoms with Gasteiger partial charge in [0.25, 0.3) is 0 Å². The third-order valence-corrected chi connectivity index (χ3v) is 8.60. The fourth-order valence-corrected chi connectivity index (χ4v) is 7.10. The number of para-hydroxylation sites is 2. The number of aromatic nitrogens is 2. The van der Waals surface area contributed by atoms with Crippen LogP contribution in [0.15, 0.2) is 102 Å². The molecule has 0 spiro atoms. The van der Waals surface area contributed by atoms with Gasteiger partial charge < -0.3 is 4.98 Å². The summed E-state index contributed by atoms with van der Waals surface area (Å²) >= 11 is 0. The molecule has 4 aliphatic rings. The lowest BCUT2D eigenvalue weighted by Gasteiger charge is -2.52. The first-order valence-corrected chi connectivity index (χ1v) is 13.1. The summed E-state index contributed by atoms with van der Waals surface area (Å²) in [6, 6.07) is 29.2. The minimum Gasteiger partial charge on any atom is -0.323 e. The van der Waals surface area contributed by atoms with E-state index < -0.39 is 23.1 Å². The molecule has 3 aliphatic carbocycles. The molecule has 0 radical (unpaired) electrons. The lowest BCUT2D eigenvalue weighted by Crippen LogP contribution is -2.54. The molecule has 0 unspecified atom stereocenters. The highest BCUT2D eigenvalue weighted by atomic mass is 19.1. The number of nitrogens with one attached hydrogen (secondary N) is 2. The maximum atomic E-state index is 14.3. The molecule has 40 heavy (non-hydrogen) atoms. The van der Waals surface area contributed by atoms with Crippen molar-refractivity contribution in [1.29, 1.82) is 0 Å². The van der Waals surface area contributed by atoms with E-state index in [-0.39, 0.29) is 17.7 Å². The Morgan fingerprint density at radius 2 is 1.50 bits per heavy atom. The topological polar surface area (TPSA) is 90.5 Å². The van der Waals surface area contributed by atoms with Gasteiger partial charge in [-0.15, -0.1) is 0 Å².